The summed E-state index contributed by atoms with van der Waals surface area (Å²) in [6.07, 6.45) is 0. The Labute approximate surface area is 223 Å². The summed E-state index contributed by atoms with van der Waals surface area (Å²) in [5, 5.41) is 11.5. The normalized spacial score (nSPS) is 20.0. The van der Waals surface area contributed by atoms with Gasteiger partial charge >= 0.3 is 10.8 Å². The third kappa shape index (κ3) is 4.77. The van der Waals surface area contributed by atoms with Crippen molar-refractivity contribution in [2.24, 2.45) is 5.92 Å². The van der Waals surface area contributed by atoms with Gasteiger partial charge in [-0.25, -0.2) is 0 Å². The fourth-order valence-corrected chi connectivity index (χ4v) is 7.12. The number of aromatic nitrogens is 1. The Morgan fingerprint density at radius 2 is 1.84 bits per heavy atom. The predicted molar refractivity (Wildman–Crippen MR) is 138 cm³/mol. The van der Waals surface area contributed by atoms with E-state index in [0.717, 1.165) is 28.0 Å². The number of carbonyl (C=O) groups excluding carboxylic acids is 3. The third-order valence-electron chi connectivity index (χ3n) is 6.17. The second kappa shape index (κ2) is 10.3. The standard InChI is InChI=1S/C25H21N3O8S2/c1-35-15-9-12(7-8-14(15)36-11-16(29)26-13-5-3-2-4-6-13)18-19-21(37-22-20(18)38-25(34)27-22)24(33)28(23(19)32)10-17(30)31/h2-9,18-19,21H,10-11H2,1H3,(H,26,29)(H,27,34)(H,30,31)/t18-,19?,21?/m1/s1. The number of para-hydroxylation sites is 1. The minimum atomic E-state index is -1.30. The number of fused-ring (bicyclic) bond motifs is 2. The van der Waals surface area contributed by atoms with Gasteiger partial charge in [-0.05, 0) is 29.8 Å². The summed E-state index contributed by atoms with van der Waals surface area (Å²) in [6, 6.07) is 13.8. The molecule has 11 nitrogen and oxygen atoms in total. The summed E-state index contributed by atoms with van der Waals surface area (Å²) >= 11 is 2.00. The van der Waals surface area contributed by atoms with Crippen molar-refractivity contribution < 1.29 is 33.8 Å². The van der Waals surface area contributed by atoms with Crippen LogP contribution in [0.25, 0.3) is 0 Å². The molecule has 2 aliphatic heterocycles. The molecular weight excluding hydrogens is 534 g/mol. The number of ether oxygens (including phenoxy) is 2. The maximum atomic E-state index is 13.3. The number of thioether (sulfide) groups is 1. The highest BCUT2D eigenvalue weighted by atomic mass is 32.2. The van der Waals surface area contributed by atoms with E-state index >= 15 is 0 Å². The van der Waals surface area contributed by atoms with Crippen molar-refractivity contribution in [1.29, 1.82) is 0 Å². The molecule has 0 radical (unpaired) electrons. The summed E-state index contributed by atoms with van der Waals surface area (Å²) < 4.78 is 11.2. The Balaban J connectivity index is 1.43. The molecule has 3 heterocycles. The fourth-order valence-electron chi connectivity index (χ4n) is 4.58. The molecule has 3 atom stereocenters. The number of thiazole rings is 1. The largest absolute Gasteiger partial charge is 0.493 e. The first-order chi connectivity index (χ1) is 18.3. The zero-order valence-corrected chi connectivity index (χ0v) is 21.5. The molecule has 2 unspecified atom stereocenters. The fraction of sp³-hybridized carbons (Fsp3) is 0.240. The third-order valence-corrected chi connectivity index (χ3v) is 8.57. The number of likely N-dealkylation sites (tertiary alicyclic amines) is 1. The van der Waals surface area contributed by atoms with Gasteiger partial charge in [-0.1, -0.05) is 47.4 Å². The molecule has 0 aliphatic carbocycles. The molecule has 3 aromatic rings. The van der Waals surface area contributed by atoms with E-state index in [0.29, 0.717) is 21.2 Å². The van der Waals surface area contributed by atoms with Gasteiger partial charge in [-0.3, -0.25) is 28.9 Å². The molecule has 3 amide bonds. The molecule has 1 fully saturated rings. The zero-order chi connectivity index (χ0) is 27.0. The van der Waals surface area contributed by atoms with E-state index in [1.807, 2.05) is 6.07 Å². The number of hydrogen-bond acceptors (Lipinski definition) is 9. The van der Waals surface area contributed by atoms with Crippen LogP contribution in [0.15, 0.2) is 58.4 Å². The Morgan fingerprint density at radius 1 is 1.08 bits per heavy atom. The van der Waals surface area contributed by atoms with Crippen LogP contribution in [0.2, 0.25) is 0 Å². The van der Waals surface area contributed by atoms with Crippen LogP contribution in [0.4, 0.5) is 5.69 Å². The van der Waals surface area contributed by atoms with Gasteiger partial charge in [0.2, 0.25) is 11.8 Å². The molecule has 1 saturated heterocycles. The number of imide groups is 1. The molecule has 2 aromatic carbocycles. The minimum Gasteiger partial charge on any atom is -0.493 e. The van der Waals surface area contributed by atoms with Crippen molar-refractivity contribution in [3.8, 4) is 11.5 Å². The van der Waals surface area contributed by atoms with Crippen LogP contribution >= 0.6 is 23.1 Å². The number of amides is 3. The number of hydrogen-bond donors (Lipinski definition) is 3. The summed E-state index contributed by atoms with van der Waals surface area (Å²) in [6.45, 7) is -1.01. The molecule has 3 N–H and O–H groups in total. The van der Waals surface area contributed by atoms with Crippen LogP contribution in [-0.4, -0.2) is 64.2 Å². The van der Waals surface area contributed by atoms with Gasteiger partial charge in [0.25, 0.3) is 5.91 Å². The van der Waals surface area contributed by atoms with Crippen molar-refractivity contribution >= 4 is 52.5 Å². The van der Waals surface area contributed by atoms with E-state index in [1.54, 1.807) is 42.5 Å². The number of H-pyrrole nitrogens is 1. The summed E-state index contributed by atoms with van der Waals surface area (Å²) in [5.74, 6) is -3.91. The number of benzene rings is 2. The summed E-state index contributed by atoms with van der Waals surface area (Å²) in [5.41, 5.74) is 1.20. The molecule has 1 aromatic heterocycles. The van der Waals surface area contributed by atoms with Crippen LogP contribution in [-0.2, 0) is 19.2 Å². The van der Waals surface area contributed by atoms with Crippen LogP contribution in [0, 0.1) is 5.92 Å². The zero-order valence-electron chi connectivity index (χ0n) is 19.8. The second-order valence-corrected chi connectivity index (χ2v) is 10.7. The van der Waals surface area contributed by atoms with Gasteiger partial charge in [-0.2, -0.15) is 0 Å². The monoisotopic (exact) mass is 555 g/mol. The van der Waals surface area contributed by atoms with Gasteiger partial charge in [0.05, 0.1) is 18.1 Å². The lowest BCUT2D eigenvalue weighted by atomic mass is 9.83. The predicted octanol–water partition coefficient (Wildman–Crippen LogP) is 2.14. The van der Waals surface area contributed by atoms with Crippen LogP contribution in [0.5, 0.6) is 11.5 Å². The highest BCUT2D eigenvalue weighted by Crippen LogP contribution is 2.53. The molecule has 13 heteroatoms. The van der Waals surface area contributed by atoms with Crippen molar-refractivity contribution in [2.45, 2.75) is 16.2 Å². The molecular formula is C25H21N3O8S2. The van der Waals surface area contributed by atoms with Gasteiger partial charge in [0.15, 0.2) is 18.1 Å². The van der Waals surface area contributed by atoms with E-state index < -0.39 is 41.4 Å². The molecule has 0 spiro atoms. The van der Waals surface area contributed by atoms with Crippen molar-refractivity contribution in [1.82, 2.24) is 9.88 Å². The quantitative estimate of drug-likeness (QED) is 0.355. The Hall–Kier alpha value is -4.10. The number of nitrogens with zero attached hydrogens (tertiary/aromatic N) is 1. The number of methoxy groups -OCH3 is 1. The molecule has 38 heavy (non-hydrogen) atoms. The van der Waals surface area contributed by atoms with E-state index in [1.165, 1.54) is 7.11 Å². The molecule has 0 bridgehead atoms. The minimum absolute atomic E-state index is 0.282. The lowest BCUT2D eigenvalue weighted by Crippen LogP contribution is -2.36. The number of nitrogens with one attached hydrogen (secondary N) is 2. The van der Waals surface area contributed by atoms with Gasteiger partial charge in [0.1, 0.15) is 11.8 Å². The number of aromatic amines is 1. The van der Waals surface area contributed by atoms with E-state index in [4.69, 9.17) is 9.47 Å². The smallest absolute Gasteiger partial charge is 0.323 e. The maximum absolute atomic E-state index is 13.3. The van der Waals surface area contributed by atoms with E-state index in [9.17, 15) is 29.1 Å². The average molecular weight is 556 g/mol. The molecule has 5 rings (SSSR count). The number of aliphatic carboxylic acids is 1. The first-order valence-electron chi connectivity index (χ1n) is 11.4. The highest BCUT2D eigenvalue weighted by Gasteiger charge is 2.56. The van der Waals surface area contributed by atoms with E-state index in [-0.39, 0.29) is 28.9 Å². The highest BCUT2D eigenvalue weighted by molar-refractivity contribution is 8.00. The molecule has 196 valence electrons. The number of carboxylic acid groups (broad SMARTS) is 1. The number of carboxylic acids is 1. The number of anilines is 1. The topological polar surface area (TPSA) is 155 Å². The van der Waals surface area contributed by atoms with Crippen molar-refractivity contribution in [3.05, 3.63) is 68.6 Å². The van der Waals surface area contributed by atoms with Crippen LogP contribution in [0.1, 0.15) is 16.4 Å². The summed E-state index contributed by atoms with van der Waals surface area (Å²) in [7, 11) is 1.43. The Bertz CT molecular complexity index is 1490. The first-order valence-corrected chi connectivity index (χ1v) is 13.1. The Kier molecular flexibility index (Phi) is 6.95. The summed E-state index contributed by atoms with van der Waals surface area (Å²) in [4.78, 5) is 65.8. The van der Waals surface area contributed by atoms with Gasteiger partial charge < -0.3 is 24.9 Å². The lowest BCUT2D eigenvalue weighted by molar-refractivity contribution is -0.149. The van der Waals surface area contributed by atoms with Crippen LogP contribution in [0.3, 0.4) is 0 Å². The van der Waals surface area contributed by atoms with Crippen molar-refractivity contribution in [2.75, 3.05) is 25.6 Å². The van der Waals surface area contributed by atoms with E-state index in [2.05, 4.69) is 10.3 Å². The number of rotatable bonds is 8. The average Bonchev–Trinajstić information content (AvgIpc) is 3.38. The van der Waals surface area contributed by atoms with Gasteiger partial charge in [0, 0.05) is 16.5 Å². The number of carbonyl (C=O) groups is 4. The second-order valence-electron chi connectivity index (χ2n) is 8.52. The molecule has 2 aliphatic rings. The van der Waals surface area contributed by atoms with Crippen molar-refractivity contribution in [3.63, 3.8) is 0 Å². The SMILES string of the molecule is COc1cc([C@H]2c3sc(=O)[nH]c3SC3C(=O)N(CC(=O)O)C(=O)C32)ccc1OCC(=O)Nc1ccccc1. The lowest BCUT2D eigenvalue weighted by Gasteiger charge is -2.30. The Morgan fingerprint density at radius 3 is 2.55 bits per heavy atom. The first kappa shape index (κ1) is 25.5. The van der Waals surface area contributed by atoms with Gasteiger partial charge in [-0.15, -0.1) is 0 Å². The molecule has 0 saturated carbocycles. The maximum Gasteiger partial charge on any atom is 0.323 e. The van der Waals surface area contributed by atoms with Crippen LogP contribution < -0.4 is 19.7 Å².